The number of ether oxygens (including phenoxy) is 2. The maximum Gasteiger partial charge on any atom is 0.191 e. The van der Waals surface area contributed by atoms with Gasteiger partial charge in [-0.05, 0) is 56.7 Å². The van der Waals surface area contributed by atoms with Crippen molar-refractivity contribution in [2.45, 2.75) is 37.6 Å². The van der Waals surface area contributed by atoms with E-state index in [9.17, 15) is 0 Å². The summed E-state index contributed by atoms with van der Waals surface area (Å²) in [6.45, 7) is 3.40. The van der Waals surface area contributed by atoms with Crippen LogP contribution in [-0.2, 0) is 4.74 Å². The molecule has 0 saturated carbocycles. The third kappa shape index (κ3) is 3.86. The normalized spacial score (nSPS) is 17.2. The van der Waals surface area contributed by atoms with Crippen LogP contribution in [0.2, 0.25) is 0 Å². The maximum atomic E-state index is 5.92. The Morgan fingerprint density at radius 3 is 2.81 bits per heavy atom. The van der Waals surface area contributed by atoms with E-state index in [2.05, 4.69) is 20.3 Å². The molecule has 2 aromatic heterocycles. The van der Waals surface area contributed by atoms with Gasteiger partial charge in [0.1, 0.15) is 12.0 Å². The van der Waals surface area contributed by atoms with E-state index in [-0.39, 0.29) is 6.23 Å². The number of thioether (sulfide) groups is 1. The lowest BCUT2D eigenvalue weighted by molar-refractivity contribution is -0.0298. The number of benzene rings is 1. The minimum atomic E-state index is -0.00770. The van der Waals surface area contributed by atoms with Crippen LogP contribution < -0.4 is 10.1 Å². The van der Waals surface area contributed by atoms with Crippen LogP contribution in [0.3, 0.4) is 0 Å². The summed E-state index contributed by atoms with van der Waals surface area (Å²) in [5.41, 5.74) is 2.47. The first-order valence-electron chi connectivity index (χ1n) is 9.18. The Hall–Kier alpha value is -2.32. The topological polar surface area (TPSA) is 74.1 Å². The summed E-state index contributed by atoms with van der Waals surface area (Å²) < 4.78 is 13.4. The number of hydrogen-bond acceptors (Lipinski definition) is 7. The Labute approximate surface area is 162 Å². The monoisotopic (exact) mass is 385 g/mol. The lowest BCUT2D eigenvalue weighted by atomic mass is 10.2. The number of fused-ring (bicyclic) bond motifs is 1. The molecule has 4 rings (SSSR count). The third-order valence-electron chi connectivity index (χ3n) is 4.48. The van der Waals surface area contributed by atoms with E-state index in [1.165, 1.54) is 11.8 Å². The summed E-state index contributed by atoms with van der Waals surface area (Å²) in [5.74, 6) is 1.54. The predicted molar refractivity (Wildman–Crippen MR) is 107 cm³/mol. The molecule has 1 aromatic carbocycles. The zero-order valence-corrected chi connectivity index (χ0v) is 16.3. The van der Waals surface area contributed by atoms with E-state index in [0.717, 1.165) is 48.5 Å². The smallest absolute Gasteiger partial charge is 0.191 e. The highest BCUT2D eigenvalue weighted by Gasteiger charge is 2.21. The number of anilines is 2. The number of aromatic nitrogens is 4. The molecule has 3 aromatic rings. The van der Waals surface area contributed by atoms with E-state index in [1.54, 1.807) is 0 Å². The van der Waals surface area contributed by atoms with Crippen molar-refractivity contribution < 1.29 is 9.47 Å². The van der Waals surface area contributed by atoms with Gasteiger partial charge in [-0.3, -0.25) is 4.57 Å². The number of nitrogens with one attached hydrogen (secondary N) is 1. The van der Waals surface area contributed by atoms with E-state index in [4.69, 9.17) is 9.47 Å². The van der Waals surface area contributed by atoms with Gasteiger partial charge in [-0.1, -0.05) is 11.8 Å². The molecule has 1 saturated heterocycles. The Kier molecular flexibility index (Phi) is 5.45. The van der Waals surface area contributed by atoms with Crippen molar-refractivity contribution in [1.82, 2.24) is 19.5 Å². The van der Waals surface area contributed by atoms with Gasteiger partial charge in [0.15, 0.2) is 22.1 Å². The molecule has 0 spiro atoms. The van der Waals surface area contributed by atoms with Gasteiger partial charge in [0, 0.05) is 12.3 Å². The quantitative estimate of drug-likeness (QED) is 0.498. The molecule has 8 heteroatoms. The fraction of sp³-hybridized carbons (Fsp3) is 0.421. The largest absolute Gasteiger partial charge is 0.494 e. The number of hydrogen-bond donors (Lipinski definition) is 1. The Bertz CT molecular complexity index is 906. The van der Waals surface area contributed by atoms with Crippen LogP contribution in [0.4, 0.5) is 11.5 Å². The summed E-state index contributed by atoms with van der Waals surface area (Å²) in [7, 11) is 0. The molecule has 0 bridgehead atoms. The third-order valence-corrected chi connectivity index (χ3v) is 5.03. The van der Waals surface area contributed by atoms with Crippen LogP contribution in [0.15, 0.2) is 35.7 Å². The molecule has 0 amide bonds. The first-order chi connectivity index (χ1) is 13.3. The summed E-state index contributed by atoms with van der Waals surface area (Å²) in [5, 5.41) is 4.07. The summed E-state index contributed by atoms with van der Waals surface area (Å²) in [6.07, 6.45) is 7.02. The van der Waals surface area contributed by atoms with Crippen molar-refractivity contribution in [1.29, 1.82) is 0 Å². The highest BCUT2D eigenvalue weighted by molar-refractivity contribution is 7.98. The van der Waals surface area contributed by atoms with E-state index >= 15 is 0 Å². The zero-order valence-electron chi connectivity index (χ0n) is 15.5. The molecule has 3 heterocycles. The Morgan fingerprint density at radius 1 is 1.26 bits per heavy atom. The van der Waals surface area contributed by atoms with Gasteiger partial charge in [0.05, 0.1) is 12.9 Å². The fourth-order valence-electron chi connectivity index (χ4n) is 3.17. The Balaban J connectivity index is 1.68. The van der Waals surface area contributed by atoms with Crippen LogP contribution in [0.25, 0.3) is 11.2 Å². The minimum absolute atomic E-state index is 0.00770. The molecule has 142 valence electrons. The van der Waals surface area contributed by atoms with E-state index in [0.29, 0.717) is 17.6 Å². The molecule has 1 fully saturated rings. The Morgan fingerprint density at radius 2 is 2.11 bits per heavy atom. The van der Waals surface area contributed by atoms with Gasteiger partial charge >= 0.3 is 0 Å². The zero-order chi connectivity index (χ0) is 18.6. The van der Waals surface area contributed by atoms with E-state index in [1.807, 2.05) is 48.3 Å². The molecule has 7 nitrogen and oxygen atoms in total. The molecule has 1 aliphatic heterocycles. The molecule has 1 aliphatic rings. The average Bonchev–Trinajstić information content (AvgIpc) is 3.14. The van der Waals surface area contributed by atoms with Gasteiger partial charge in [-0.2, -0.15) is 0 Å². The van der Waals surface area contributed by atoms with Crippen LogP contribution in [0.1, 0.15) is 32.4 Å². The van der Waals surface area contributed by atoms with Crippen molar-refractivity contribution in [3.05, 3.63) is 30.6 Å². The first-order valence-corrected chi connectivity index (χ1v) is 10.4. The van der Waals surface area contributed by atoms with Gasteiger partial charge in [-0.25, -0.2) is 15.0 Å². The lowest BCUT2D eigenvalue weighted by Gasteiger charge is -2.23. The van der Waals surface area contributed by atoms with Crippen molar-refractivity contribution >= 4 is 34.4 Å². The molecule has 0 aliphatic carbocycles. The molecule has 0 radical (unpaired) electrons. The second-order valence-corrected chi connectivity index (χ2v) is 7.06. The summed E-state index contributed by atoms with van der Waals surface area (Å²) in [6, 6.07) is 7.82. The molecular formula is C19H23N5O2S. The second-order valence-electron chi connectivity index (χ2n) is 6.29. The van der Waals surface area contributed by atoms with Crippen molar-refractivity contribution in [2.75, 3.05) is 24.8 Å². The highest BCUT2D eigenvalue weighted by Crippen LogP contribution is 2.30. The molecule has 1 N–H and O–H groups in total. The number of imidazole rings is 1. The van der Waals surface area contributed by atoms with Crippen molar-refractivity contribution in [3.8, 4) is 5.75 Å². The van der Waals surface area contributed by atoms with Crippen LogP contribution in [-0.4, -0.2) is 39.0 Å². The number of rotatable bonds is 6. The standard InChI is InChI=1S/C19H23N5O2S/c1-3-25-14-9-7-13(8-10-14)21-17-16-18(23-19(22-17)27-2)24(12-20-16)15-6-4-5-11-26-15/h7-10,12,15H,3-6,11H2,1-2H3,(H,21,22,23). The fourth-order valence-corrected chi connectivity index (χ4v) is 3.53. The SMILES string of the molecule is CCOc1ccc(Nc2nc(SC)nc3c2ncn3C2CCCCO2)cc1. The van der Waals surface area contributed by atoms with Gasteiger partial charge in [-0.15, -0.1) is 0 Å². The summed E-state index contributed by atoms with van der Waals surface area (Å²) in [4.78, 5) is 13.9. The highest BCUT2D eigenvalue weighted by atomic mass is 32.2. The van der Waals surface area contributed by atoms with Gasteiger partial charge in [0.25, 0.3) is 0 Å². The van der Waals surface area contributed by atoms with E-state index < -0.39 is 0 Å². The van der Waals surface area contributed by atoms with Crippen molar-refractivity contribution in [2.24, 2.45) is 0 Å². The van der Waals surface area contributed by atoms with Crippen LogP contribution in [0.5, 0.6) is 5.75 Å². The predicted octanol–water partition coefficient (Wildman–Crippen LogP) is 4.39. The molecule has 1 unspecified atom stereocenters. The molecule has 1 atom stereocenters. The van der Waals surface area contributed by atoms with Crippen LogP contribution in [0, 0.1) is 0 Å². The molecular weight excluding hydrogens is 362 g/mol. The first kappa shape index (κ1) is 18.1. The maximum absolute atomic E-state index is 5.92. The van der Waals surface area contributed by atoms with Crippen molar-refractivity contribution in [3.63, 3.8) is 0 Å². The average molecular weight is 385 g/mol. The lowest BCUT2D eigenvalue weighted by Crippen LogP contribution is -2.17. The van der Waals surface area contributed by atoms with Gasteiger partial charge in [0.2, 0.25) is 0 Å². The molecule has 27 heavy (non-hydrogen) atoms. The van der Waals surface area contributed by atoms with Crippen LogP contribution >= 0.6 is 11.8 Å². The number of nitrogens with zero attached hydrogens (tertiary/aromatic N) is 4. The minimum Gasteiger partial charge on any atom is -0.494 e. The van der Waals surface area contributed by atoms with Gasteiger partial charge < -0.3 is 14.8 Å². The summed E-state index contributed by atoms with van der Waals surface area (Å²) >= 11 is 1.51. The second kappa shape index (κ2) is 8.14.